The lowest BCUT2D eigenvalue weighted by molar-refractivity contribution is -0.145. The predicted molar refractivity (Wildman–Crippen MR) is 96.7 cm³/mol. The van der Waals surface area contributed by atoms with Crippen LogP contribution in [-0.2, 0) is 22.6 Å². The van der Waals surface area contributed by atoms with Crippen molar-refractivity contribution in [1.29, 1.82) is 0 Å². The average molecular weight is 339 g/mol. The molecule has 0 saturated carbocycles. The molecule has 1 N–H and O–H groups in total. The molecule has 1 fully saturated rings. The van der Waals surface area contributed by atoms with Gasteiger partial charge in [-0.1, -0.05) is 60.7 Å². The number of aliphatic hydroxyl groups is 1. The molecule has 0 aliphatic carbocycles. The van der Waals surface area contributed by atoms with Crippen LogP contribution in [0.5, 0.6) is 0 Å². The molecule has 4 nitrogen and oxygen atoms in total. The summed E-state index contributed by atoms with van der Waals surface area (Å²) in [6.07, 6.45) is -0.142. The third-order valence-corrected chi connectivity index (χ3v) is 4.92. The highest BCUT2D eigenvalue weighted by Gasteiger charge is 2.37. The lowest BCUT2D eigenvalue weighted by atomic mass is 9.94. The molecule has 1 aliphatic heterocycles. The number of aliphatic hydroxyl groups excluding tert-OH is 1. The van der Waals surface area contributed by atoms with Gasteiger partial charge in [0.1, 0.15) is 0 Å². The number of rotatable bonds is 7. The van der Waals surface area contributed by atoms with E-state index in [1.165, 1.54) is 11.1 Å². The molecule has 3 rings (SSSR count). The van der Waals surface area contributed by atoms with Gasteiger partial charge in [-0.25, -0.2) is 0 Å². The van der Waals surface area contributed by atoms with E-state index in [1.54, 1.807) is 0 Å². The SMILES string of the molecule is C[C@@H]([C@@H](O)[C@H]1CCOC1=O)N(Cc1ccccc1)Cc1ccccc1. The van der Waals surface area contributed by atoms with E-state index in [4.69, 9.17) is 4.74 Å². The van der Waals surface area contributed by atoms with Crippen molar-refractivity contribution in [1.82, 2.24) is 4.90 Å². The number of cyclic esters (lactones) is 1. The Morgan fingerprint density at radius 3 is 2.00 bits per heavy atom. The summed E-state index contributed by atoms with van der Waals surface area (Å²) in [6.45, 7) is 3.83. The fraction of sp³-hybridized carbons (Fsp3) is 0.381. The molecule has 2 aromatic carbocycles. The van der Waals surface area contributed by atoms with Gasteiger partial charge in [-0.15, -0.1) is 0 Å². The maximum absolute atomic E-state index is 11.9. The van der Waals surface area contributed by atoms with E-state index < -0.39 is 12.0 Å². The van der Waals surface area contributed by atoms with Gasteiger partial charge in [0, 0.05) is 19.1 Å². The summed E-state index contributed by atoms with van der Waals surface area (Å²) in [4.78, 5) is 14.1. The van der Waals surface area contributed by atoms with Crippen molar-refractivity contribution in [2.45, 2.75) is 38.6 Å². The Hall–Kier alpha value is -2.17. The van der Waals surface area contributed by atoms with Gasteiger partial charge < -0.3 is 9.84 Å². The van der Waals surface area contributed by atoms with Crippen molar-refractivity contribution in [3.8, 4) is 0 Å². The van der Waals surface area contributed by atoms with Gasteiger partial charge in [-0.2, -0.15) is 0 Å². The van der Waals surface area contributed by atoms with E-state index >= 15 is 0 Å². The Morgan fingerprint density at radius 1 is 1.04 bits per heavy atom. The van der Waals surface area contributed by atoms with Crippen LogP contribution in [0, 0.1) is 5.92 Å². The maximum atomic E-state index is 11.9. The zero-order chi connectivity index (χ0) is 17.6. The fourth-order valence-electron chi connectivity index (χ4n) is 3.35. The molecule has 25 heavy (non-hydrogen) atoms. The molecule has 0 radical (unpaired) electrons. The third kappa shape index (κ3) is 4.47. The van der Waals surface area contributed by atoms with E-state index in [0.717, 1.165) is 13.1 Å². The van der Waals surface area contributed by atoms with Crippen LogP contribution in [-0.4, -0.2) is 34.7 Å². The molecule has 3 atom stereocenters. The lowest BCUT2D eigenvalue weighted by Gasteiger charge is -2.34. The smallest absolute Gasteiger partial charge is 0.311 e. The van der Waals surface area contributed by atoms with Crippen LogP contribution in [0.4, 0.5) is 0 Å². The standard InChI is InChI=1S/C21H25NO3/c1-16(20(23)19-12-13-25-21(19)24)22(14-17-8-4-2-5-9-17)15-18-10-6-3-7-11-18/h2-11,16,19-20,23H,12-15H2,1H3/t16-,19+,20+/m0/s1. The molecule has 0 unspecified atom stereocenters. The molecule has 0 aromatic heterocycles. The Kier molecular flexibility index (Phi) is 5.84. The number of ether oxygens (including phenoxy) is 1. The summed E-state index contributed by atoms with van der Waals surface area (Å²) < 4.78 is 5.04. The molecule has 0 spiro atoms. The normalized spacial score (nSPS) is 19.6. The van der Waals surface area contributed by atoms with Crippen LogP contribution in [0.2, 0.25) is 0 Å². The minimum Gasteiger partial charge on any atom is -0.465 e. The second-order valence-corrected chi connectivity index (χ2v) is 6.67. The molecule has 1 heterocycles. The van der Waals surface area contributed by atoms with Gasteiger partial charge in [-0.05, 0) is 24.5 Å². The minimum absolute atomic E-state index is 0.156. The number of carbonyl (C=O) groups excluding carboxylic acids is 1. The monoisotopic (exact) mass is 339 g/mol. The van der Waals surface area contributed by atoms with E-state index in [1.807, 2.05) is 43.3 Å². The largest absolute Gasteiger partial charge is 0.465 e. The van der Waals surface area contributed by atoms with Gasteiger partial charge in [0.05, 0.1) is 18.6 Å². The number of hydrogen-bond acceptors (Lipinski definition) is 4. The van der Waals surface area contributed by atoms with Crippen LogP contribution in [0.3, 0.4) is 0 Å². The van der Waals surface area contributed by atoms with E-state index in [9.17, 15) is 9.90 Å². The number of esters is 1. The Labute approximate surface area is 149 Å². The zero-order valence-corrected chi connectivity index (χ0v) is 14.5. The molecule has 132 valence electrons. The first-order chi connectivity index (χ1) is 12.1. The minimum atomic E-state index is -0.734. The van der Waals surface area contributed by atoms with Crippen LogP contribution < -0.4 is 0 Å². The van der Waals surface area contributed by atoms with Crippen molar-refractivity contribution < 1.29 is 14.6 Å². The van der Waals surface area contributed by atoms with Gasteiger partial charge in [0.25, 0.3) is 0 Å². The fourth-order valence-corrected chi connectivity index (χ4v) is 3.35. The van der Waals surface area contributed by atoms with Crippen LogP contribution >= 0.6 is 0 Å². The first kappa shape index (κ1) is 17.6. The lowest BCUT2D eigenvalue weighted by Crippen LogP contribution is -2.45. The van der Waals surface area contributed by atoms with Crippen LogP contribution in [0.25, 0.3) is 0 Å². The van der Waals surface area contributed by atoms with Crippen molar-refractivity contribution in [3.63, 3.8) is 0 Å². The molecule has 2 aromatic rings. The molecular formula is C21H25NO3. The van der Waals surface area contributed by atoms with Crippen molar-refractivity contribution in [3.05, 3.63) is 71.8 Å². The second-order valence-electron chi connectivity index (χ2n) is 6.67. The number of hydrogen-bond donors (Lipinski definition) is 1. The molecule has 1 saturated heterocycles. The molecule has 0 bridgehead atoms. The van der Waals surface area contributed by atoms with Gasteiger partial charge in [0.2, 0.25) is 0 Å². The summed E-state index contributed by atoms with van der Waals surface area (Å²) in [5.41, 5.74) is 2.37. The first-order valence-corrected chi connectivity index (χ1v) is 8.82. The number of carbonyl (C=O) groups is 1. The summed E-state index contributed by atoms with van der Waals surface area (Å²) in [5.74, 6) is -0.706. The highest BCUT2D eigenvalue weighted by Crippen LogP contribution is 2.25. The van der Waals surface area contributed by atoms with Crippen molar-refractivity contribution >= 4 is 5.97 Å². The number of nitrogens with zero attached hydrogens (tertiary/aromatic N) is 1. The molecule has 1 aliphatic rings. The van der Waals surface area contributed by atoms with E-state index in [2.05, 4.69) is 29.2 Å². The topological polar surface area (TPSA) is 49.8 Å². The summed E-state index contributed by atoms with van der Waals surface area (Å²) in [6, 6.07) is 20.3. The van der Waals surface area contributed by atoms with E-state index in [0.29, 0.717) is 13.0 Å². The second kappa shape index (κ2) is 8.28. The van der Waals surface area contributed by atoms with Gasteiger partial charge in [0.15, 0.2) is 0 Å². The van der Waals surface area contributed by atoms with E-state index in [-0.39, 0.29) is 12.0 Å². The Balaban J connectivity index is 1.77. The maximum Gasteiger partial charge on any atom is 0.311 e. The first-order valence-electron chi connectivity index (χ1n) is 8.82. The summed E-state index contributed by atoms with van der Waals surface area (Å²) in [7, 11) is 0. The number of benzene rings is 2. The van der Waals surface area contributed by atoms with Crippen molar-refractivity contribution in [2.75, 3.05) is 6.61 Å². The van der Waals surface area contributed by atoms with Crippen LogP contribution in [0.15, 0.2) is 60.7 Å². The van der Waals surface area contributed by atoms with Crippen LogP contribution in [0.1, 0.15) is 24.5 Å². The van der Waals surface area contributed by atoms with Crippen molar-refractivity contribution in [2.24, 2.45) is 5.92 Å². The molecule has 0 amide bonds. The predicted octanol–water partition coefficient (Wildman–Crippen LogP) is 3.00. The highest BCUT2D eigenvalue weighted by atomic mass is 16.5. The quantitative estimate of drug-likeness (QED) is 0.788. The summed E-state index contributed by atoms with van der Waals surface area (Å²) in [5, 5.41) is 10.8. The Morgan fingerprint density at radius 2 is 1.56 bits per heavy atom. The third-order valence-electron chi connectivity index (χ3n) is 4.92. The van der Waals surface area contributed by atoms with Gasteiger partial charge in [-0.3, -0.25) is 9.69 Å². The average Bonchev–Trinajstić information content (AvgIpc) is 3.07. The highest BCUT2D eigenvalue weighted by molar-refractivity contribution is 5.74. The Bertz CT molecular complexity index is 633. The summed E-state index contributed by atoms with van der Waals surface area (Å²) >= 11 is 0. The molecule has 4 heteroatoms. The zero-order valence-electron chi connectivity index (χ0n) is 14.5. The van der Waals surface area contributed by atoms with Gasteiger partial charge >= 0.3 is 5.97 Å². The molecular weight excluding hydrogens is 314 g/mol.